The third-order valence-corrected chi connectivity index (χ3v) is 4.24. The van der Waals surface area contributed by atoms with Crippen molar-refractivity contribution in [1.29, 1.82) is 0 Å². The van der Waals surface area contributed by atoms with Crippen LogP contribution in [0.15, 0.2) is 53.9 Å². The first-order chi connectivity index (χ1) is 10.5. The van der Waals surface area contributed by atoms with Crippen LogP contribution >= 0.6 is 11.6 Å². The van der Waals surface area contributed by atoms with Gasteiger partial charge in [0.2, 0.25) is 10.0 Å². The van der Waals surface area contributed by atoms with E-state index in [0.29, 0.717) is 5.02 Å². The minimum absolute atomic E-state index is 0.220. The van der Waals surface area contributed by atoms with Crippen molar-refractivity contribution in [3.63, 3.8) is 0 Å². The molecule has 22 heavy (non-hydrogen) atoms. The highest BCUT2D eigenvalue weighted by Gasteiger charge is 2.05. The number of sulfonamides is 1. The summed E-state index contributed by atoms with van der Waals surface area (Å²) >= 11 is 5.78. The second-order valence-electron chi connectivity index (χ2n) is 4.57. The summed E-state index contributed by atoms with van der Waals surface area (Å²) in [6.07, 6.45) is 1.52. The predicted octanol–water partition coefficient (Wildman–Crippen LogP) is 3.44. The van der Waals surface area contributed by atoms with Crippen molar-refractivity contribution in [3.05, 3.63) is 70.1 Å². The zero-order valence-corrected chi connectivity index (χ0v) is 13.6. The lowest BCUT2D eigenvalue weighted by atomic mass is 10.2. The number of nitrogens with one attached hydrogen (secondary N) is 1. The highest BCUT2D eigenvalue weighted by Crippen LogP contribution is 2.12. The monoisotopic (exact) mass is 337 g/mol. The SMILES string of the molecule is COc1ccc(CNS(=O)(=O)/C=C/c2ccc(Cl)cc2)cc1. The van der Waals surface area contributed by atoms with Crippen LogP contribution in [0.4, 0.5) is 0 Å². The smallest absolute Gasteiger partial charge is 0.234 e. The summed E-state index contributed by atoms with van der Waals surface area (Å²) in [7, 11) is -1.92. The van der Waals surface area contributed by atoms with E-state index in [4.69, 9.17) is 16.3 Å². The first-order valence-electron chi connectivity index (χ1n) is 6.55. The van der Waals surface area contributed by atoms with Crippen LogP contribution < -0.4 is 9.46 Å². The van der Waals surface area contributed by atoms with E-state index >= 15 is 0 Å². The van der Waals surface area contributed by atoms with Gasteiger partial charge < -0.3 is 4.74 Å². The molecule has 0 radical (unpaired) electrons. The van der Waals surface area contributed by atoms with Gasteiger partial charge in [-0.1, -0.05) is 35.9 Å². The molecule has 0 amide bonds. The molecule has 0 aromatic heterocycles. The molecule has 0 bridgehead atoms. The van der Waals surface area contributed by atoms with Crippen LogP contribution in [-0.2, 0) is 16.6 Å². The third-order valence-electron chi connectivity index (χ3n) is 2.95. The number of rotatable bonds is 6. The molecule has 2 aromatic carbocycles. The molecule has 0 fully saturated rings. The number of ether oxygens (including phenoxy) is 1. The summed E-state index contributed by atoms with van der Waals surface area (Å²) in [5, 5.41) is 1.75. The maximum absolute atomic E-state index is 11.9. The Kier molecular flexibility index (Phi) is 5.60. The fraction of sp³-hybridized carbons (Fsp3) is 0.125. The van der Waals surface area contributed by atoms with Crippen molar-refractivity contribution in [2.24, 2.45) is 0 Å². The minimum atomic E-state index is -3.50. The normalized spacial score (nSPS) is 11.7. The van der Waals surface area contributed by atoms with Gasteiger partial charge in [-0.2, -0.15) is 0 Å². The lowest BCUT2D eigenvalue weighted by Gasteiger charge is -2.04. The van der Waals surface area contributed by atoms with E-state index in [0.717, 1.165) is 22.3 Å². The van der Waals surface area contributed by atoms with Gasteiger partial charge in [-0.3, -0.25) is 0 Å². The fourth-order valence-electron chi connectivity index (χ4n) is 1.72. The molecule has 1 N–H and O–H groups in total. The minimum Gasteiger partial charge on any atom is -0.497 e. The Bertz CT molecular complexity index is 738. The number of hydrogen-bond donors (Lipinski definition) is 1. The first kappa shape index (κ1) is 16.5. The molecule has 0 spiro atoms. The van der Waals surface area contributed by atoms with Gasteiger partial charge >= 0.3 is 0 Å². The lowest BCUT2D eigenvalue weighted by molar-refractivity contribution is 0.414. The van der Waals surface area contributed by atoms with Crippen LogP contribution in [-0.4, -0.2) is 15.5 Å². The summed E-state index contributed by atoms with van der Waals surface area (Å²) in [4.78, 5) is 0. The summed E-state index contributed by atoms with van der Waals surface area (Å²) < 4.78 is 31.4. The van der Waals surface area contributed by atoms with Gasteiger partial charge in [0.1, 0.15) is 5.75 Å². The van der Waals surface area contributed by atoms with Crippen LogP contribution in [0.1, 0.15) is 11.1 Å². The zero-order chi connectivity index (χ0) is 16.0. The van der Waals surface area contributed by atoms with Crippen LogP contribution in [0.5, 0.6) is 5.75 Å². The number of hydrogen-bond acceptors (Lipinski definition) is 3. The van der Waals surface area contributed by atoms with E-state index in [1.54, 1.807) is 43.5 Å². The molecule has 4 nitrogen and oxygen atoms in total. The van der Waals surface area contributed by atoms with Crippen molar-refractivity contribution < 1.29 is 13.2 Å². The highest BCUT2D eigenvalue weighted by atomic mass is 35.5. The molecule has 0 heterocycles. The molecule has 0 saturated carbocycles. The van der Waals surface area contributed by atoms with E-state index in [1.807, 2.05) is 12.1 Å². The average Bonchev–Trinajstić information content (AvgIpc) is 2.53. The highest BCUT2D eigenvalue weighted by molar-refractivity contribution is 7.92. The zero-order valence-electron chi connectivity index (χ0n) is 12.0. The Hall–Kier alpha value is -1.82. The van der Waals surface area contributed by atoms with E-state index in [1.165, 1.54) is 6.08 Å². The molecule has 0 aliphatic carbocycles. The molecular weight excluding hydrogens is 322 g/mol. The van der Waals surface area contributed by atoms with E-state index in [-0.39, 0.29) is 6.54 Å². The van der Waals surface area contributed by atoms with Gasteiger partial charge in [0, 0.05) is 17.0 Å². The average molecular weight is 338 g/mol. The van der Waals surface area contributed by atoms with Crippen molar-refractivity contribution in [2.75, 3.05) is 7.11 Å². The molecule has 116 valence electrons. The molecule has 2 rings (SSSR count). The summed E-state index contributed by atoms with van der Waals surface area (Å²) in [6, 6.07) is 14.1. The molecule has 0 unspecified atom stereocenters. The first-order valence-corrected chi connectivity index (χ1v) is 8.47. The number of benzene rings is 2. The Morgan fingerprint density at radius 3 is 2.32 bits per heavy atom. The van der Waals surface area contributed by atoms with Gasteiger partial charge in [-0.15, -0.1) is 0 Å². The fourth-order valence-corrected chi connectivity index (χ4v) is 2.64. The van der Waals surface area contributed by atoms with Gasteiger partial charge in [0.15, 0.2) is 0 Å². The van der Waals surface area contributed by atoms with E-state index in [9.17, 15) is 8.42 Å². The molecule has 2 aromatic rings. The third kappa shape index (κ3) is 5.18. The molecule has 6 heteroatoms. The Morgan fingerprint density at radius 2 is 1.73 bits per heavy atom. The van der Waals surface area contributed by atoms with Gasteiger partial charge in [0.25, 0.3) is 0 Å². The van der Waals surface area contributed by atoms with Crippen molar-refractivity contribution in [2.45, 2.75) is 6.54 Å². The lowest BCUT2D eigenvalue weighted by Crippen LogP contribution is -2.20. The van der Waals surface area contributed by atoms with E-state index in [2.05, 4.69) is 4.72 Å². The van der Waals surface area contributed by atoms with Crippen LogP contribution in [0.3, 0.4) is 0 Å². The largest absolute Gasteiger partial charge is 0.497 e. The molecule has 0 aliphatic rings. The maximum Gasteiger partial charge on any atom is 0.234 e. The van der Waals surface area contributed by atoms with Crippen LogP contribution in [0, 0.1) is 0 Å². The molecule has 0 aliphatic heterocycles. The molecular formula is C16H16ClNO3S. The molecule has 0 atom stereocenters. The summed E-state index contributed by atoms with van der Waals surface area (Å²) in [5.74, 6) is 0.731. The van der Waals surface area contributed by atoms with Gasteiger partial charge in [-0.25, -0.2) is 13.1 Å². The van der Waals surface area contributed by atoms with Gasteiger partial charge in [-0.05, 0) is 41.5 Å². The number of methoxy groups -OCH3 is 1. The number of halogens is 1. The van der Waals surface area contributed by atoms with Crippen molar-refractivity contribution in [1.82, 2.24) is 4.72 Å². The topological polar surface area (TPSA) is 55.4 Å². The second-order valence-corrected chi connectivity index (χ2v) is 6.66. The summed E-state index contributed by atoms with van der Waals surface area (Å²) in [6.45, 7) is 0.220. The summed E-state index contributed by atoms with van der Waals surface area (Å²) in [5.41, 5.74) is 1.61. The van der Waals surface area contributed by atoms with E-state index < -0.39 is 10.0 Å². The Labute approximate surface area is 135 Å². The quantitative estimate of drug-likeness (QED) is 0.878. The standard InChI is InChI=1S/C16H16ClNO3S/c1-21-16-8-4-14(5-9-16)12-18-22(19,20)11-10-13-2-6-15(17)7-3-13/h2-11,18H,12H2,1H3/b11-10+. The predicted molar refractivity (Wildman–Crippen MR) is 89.2 cm³/mol. The Balaban J connectivity index is 1.96. The Morgan fingerprint density at radius 1 is 1.09 bits per heavy atom. The second kappa shape index (κ2) is 7.45. The van der Waals surface area contributed by atoms with Gasteiger partial charge in [0.05, 0.1) is 7.11 Å². The molecule has 0 saturated heterocycles. The van der Waals surface area contributed by atoms with Crippen LogP contribution in [0.2, 0.25) is 5.02 Å². The van der Waals surface area contributed by atoms with Crippen molar-refractivity contribution >= 4 is 27.7 Å². The van der Waals surface area contributed by atoms with Crippen LogP contribution in [0.25, 0.3) is 6.08 Å². The van der Waals surface area contributed by atoms with Crippen molar-refractivity contribution in [3.8, 4) is 5.75 Å². The maximum atomic E-state index is 11.9.